The van der Waals surface area contributed by atoms with Gasteiger partial charge >= 0.3 is 0 Å². The number of hydrogen-bond donors (Lipinski definition) is 2. The topological polar surface area (TPSA) is 55.1 Å². The van der Waals surface area contributed by atoms with Crippen LogP contribution >= 0.6 is 12.2 Å². The molecule has 0 saturated carbocycles. The van der Waals surface area contributed by atoms with Crippen molar-refractivity contribution in [3.05, 3.63) is 35.4 Å². The average molecular weight is 248 g/mol. The summed E-state index contributed by atoms with van der Waals surface area (Å²) >= 11 is 4.77. The highest BCUT2D eigenvalue weighted by Crippen LogP contribution is 2.26. The standard InChI is InChI=1S/C13H16N2OS/c14-12(17)5-6-15-13(16)11-7-9-3-1-2-4-10(9)8-11/h1-4,11H,5-8H2,(H2,14,17)(H,15,16). The molecule has 1 aromatic rings. The van der Waals surface area contributed by atoms with Crippen molar-refractivity contribution in [3.63, 3.8) is 0 Å². The van der Waals surface area contributed by atoms with Crippen LogP contribution < -0.4 is 11.1 Å². The number of thiocarbonyl (C=S) groups is 1. The number of rotatable bonds is 4. The fraction of sp³-hybridized carbons (Fsp3) is 0.385. The fourth-order valence-corrected chi connectivity index (χ4v) is 2.30. The van der Waals surface area contributed by atoms with Gasteiger partial charge in [-0.15, -0.1) is 0 Å². The van der Waals surface area contributed by atoms with Crippen molar-refractivity contribution in [1.29, 1.82) is 0 Å². The predicted molar refractivity (Wildman–Crippen MR) is 71.8 cm³/mol. The van der Waals surface area contributed by atoms with Gasteiger partial charge in [-0.05, 0) is 24.0 Å². The average Bonchev–Trinajstić information content (AvgIpc) is 2.71. The number of carbonyl (C=O) groups excluding carboxylic acids is 1. The maximum absolute atomic E-state index is 11.9. The minimum atomic E-state index is 0.0683. The minimum absolute atomic E-state index is 0.0683. The minimum Gasteiger partial charge on any atom is -0.393 e. The van der Waals surface area contributed by atoms with E-state index in [1.165, 1.54) is 11.1 Å². The van der Waals surface area contributed by atoms with E-state index in [4.69, 9.17) is 18.0 Å². The Morgan fingerprint density at radius 3 is 2.47 bits per heavy atom. The Hall–Kier alpha value is -1.42. The molecule has 0 spiro atoms. The van der Waals surface area contributed by atoms with E-state index in [9.17, 15) is 4.79 Å². The van der Waals surface area contributed by atoms with Gasteiger partial charge in [0.1, 0.15) is 0 Å². The number of nitrogens with two attached hydrogens (primary N) is 1. The SMILES string of the molecule is NC(=S)CCNC(=O)C1Cc2ccccc2C1. The van der Waals surface area contributed by atoms with Crippen molar-refractivity contribution in [1.82, 2.24) is 5.32 Å². The lowest BCUT2D eigenvalue weighted by Gasteiger charge is -2.09. The first kappa shape index (κ1) is 12.0. The highest BCUT2D eigenvalue weighted by atomic mass is 32.1. The smallest absolute Gasteiger partial charge is 0.223 e. The lowest BCUT2D eigenvalue weighted by molar-refractivity contribution is -0.124. The summed E-state index contributed by atoms with van der Waals surface area (Å²) in [7, 11) is 0. The molecular formula is C13H16N2OS. The largest absolute Gasteiger partial charge is 0.393 e. The van der Waals surface area contributed by atoms with E-state index in [2.05, 4.69) is 17.4 Å². The first-order valence-corrected chi connectivity index (χ1v) is 6.20. The Bertz CT molecular complexity index is 420. The Morgan fingerprint density at radius 2 is 1.94 bits per heavy atom. The zero-order valence-corrected chi connectivity index (χ0v) is 10.4. The molecule has 0 heterocycles. The molecule has 1 amide bonds. The van der Waals surface area contributed by atoms with E-state index in [0.29, 0.717) is 18.0 Å². The van der Waals surface area contributed by atoms with Gasteiger partial charge in [0.2, 0.25) is 5.91 Å². The third-order valence-electron chi connectivity index (χ3n) is 3.09. The fourth-order valence-electron chi connectivity index (χ4n) is 2.20. The third kappa shape index (κ3) is 3.03. The molecule has 3 nitrogen and oxygen atoms in total. The third-order valence-corrected chi connectivity index (χ3v) is 3.30. The van der Waals surface area contributed by atoms with E-state index in [0.717, 1.165) is 12.8 Å². The van der Waals surface area contributed by atoms with Crippen molar-refractivity contribution >= 4 is 23.1 Å². The monoisotopic (exact) mass is 248 g/mol. The van der Waals surface area contributed by atoms with Crippen molar-refractivity contribution in [2.75, 3.05) is 6.54 Å². The van der Waals surface area contributed by atoms with Crippen LogP contribution in [-0.2, 0) is 17.6 Å². The van der Waals surface area contributed by atoms with E-state index < -0.39 is 0 Å². The second-order valence-corrected chi connectivity index (χ2v) is 4.91. The molecule has 1 aliphatic rings. The molecule has 4 heteroatoms. The summed E-state index contributed by atoms with van der Waals surface area (Å²) < 4.78 is 0. The number of benzene rings is 1. The molecule has 0 fully saturated rings. The number of hydrogen-bond acceptors (Lipinski definition) is 2. The van der Waals surface area contributed by atoms with Gasteiger partial charge in [0.05, 0.1) is 4.99 Å². The highest BCUT2D eigenvalue weighted by molar-refractivity contribution is 7.80. The second-order valence-electron chi connectivity index (χ2n) is 4.38. The van der Waals surface area contributed by atoms with Crippen LogP contribution in [0.5, 0.6) is 0 Å². The molecule has 0 atom stereocenters. The molecule has 0 bridgehead atoms. The van der Waals surface area contributed by atoms with Gasteiger partial charge in [-0.2, -0.15) is 0 Å². The van der Waals surface area contributed by atoms with Crippen LogP contribution in [0.4, 0.5) is 0 Å². The van der Waals surface area contributed by atoms with Gasteiger partial charge in [-0.1, -0.05) is 36.5 Å². The van der Waals surface area contributed by atoms with Gasteiger partial charge in [-0.3, -0.25) is 4.79 Å². The van der Waals surface area contributed by atoms with Gasteiger partial charge < -0.3 is 11.1 Å². The number of fused-ring (bicyclic) bond motifs is 1. The van der Waals surface area contributed by atoms with E-state index in [-0.39, 0.29) is 11.8 Å². The summed E-state index contributed by atoms with van der Waals surface area (Å²) in [5.74, 6) is 0.177. The van der Waals surface area contributed by atoms with Crippen LogP contribution in [0.3, 0.4) is 0 Å². The molecule has 1 aromatic carbocycles. The van der Waals surface area contributed by atoms with Gasteiger partial charge in [0.25, 0.3) is 0 Å². The summed E-state index contributed by atoms with van der Waals surface area (Å²) in [6.07, 6.45) is 2.25. The van der Waals surface area contributed by atoms with Crippen molar-refractivity contribution in [2.24, 2.45) is 11.7 Å². The van der Waals surface area contributed by atoms with Crippen LogP contribution in [0, 0.1) is 5.92 Å². The number of amides is 1. The van der Waals surface area contributed by atoms with Crippen molar-refractivity contribution in [2.45, 2.75) is 19.3 Å². The maximum atomic E-state index is 11.9. The summed E-state index contributed by atoms with van der Waals surface area (Å²) in [5.41, 5.74) is 7.97. The van der Waals surface area contributed by atoms with Gasteiger partial charge in [-0.25, -0.2) is 0 Å². The molecular weight excluding hydrogens is 232 g/mol. The molecule has 17 heavy (non-hydrogen) atoms. The van der Waals surface area contributed by atoms with Crippen molar-refractivity contribution < 1.29 is 4.79 Å². The molecule has 90 valence electrons. The summed E-state index contributed by atoms with van der Waals surface area (Å²) in [4.78, 5) is 12.3. The van der Waals surface area contributed by atoms with Crippen molar-refractivity contribution in [3.8, 4) is 0 Å². The van der Waals surface area contributed by atoms with Crippen LogP contribution in [0.25, 0.3) is 0 Å². The molecule has 3 N–H and O–H groups in total. The van der Waals surface area contributed by atoms with Gasteiger partial charge in [0, 0.05) is 18.9 Å². The van der Waals surface area contributed by atoms with E-state index in [1.54, 1.807) is 0 Å². The second kappa shape index (κ2) is 5.27. The van der Waals surface area contributed by atoms with Crippen LogP contribution in [-0.4, -0.2) is 17.4 Å². The highest BCUT2D eigenvalue weighted by Gasteiger charge is 2.26. The molecule has 0 radical (unpaired) electrons. The zero-order valence-electron chi connectivity index (χ0n) is 9.61. The lowest BCUT2D eigenvalue weighted by Crippen LogP contribution is -2.33. The zero-order chi connectivity index (χ0) is 12.3. The molecule has 0 unspecified atom stereocenters. The molecule has 0 aliphatic heterocycles. The molecule has 0 saturated heterocycles. The van der Waals surface area contributed by atoms with Crippen LogP contribution in [0.1, 0.15) is 17.5 Å². The Kier molecular flexibility index (Phi) is 3.74. The Balaban J connectivity index is 1.86. The Labute approximate surface area is 106 Å². The number of nitrogens with one attached hydrogen (secondary N) is 1. The van der Waals surface area contributed by atoms with Gasteiger partial charge in [0.15, 0.2) is 0 Å². The number of carbonyl (C=O) groups is 1. The summed E-state index contributed by atoms with van der Waals surface area (Å²) in [5, 5.41) is 2.88. The van der Waals surface area contributed by atoms with E-state index >= 15 is 0 Å². The first-order valence-electron chi connectivity index (χ1n) is 5.79. The Morgan fingerprint density at radius 1 is 1.35 bits per heavy atom. The van der Waals surface area contributed by atoms with E-state index in [1.807, 2.05) is 12.1 Å². The first-order chi connectivity index (χ1) is 8.16. The summed E-state index contributed by atoms with van der Waals surface area (Å²) in [6.45, 7) is 0.543. The maximum Gasteiger partial charge on any atom is 0.223 e. The lowest BCUT2D eigenvalue weighted by atomic mass is 10.1. The normalized spacial score (nSPS) is 14.4. The summed E-state index contributed by atoms with van der Waals surface area (Å²) in [6, 6.07) is 8.23. The van der Waals surface area contributed by atoms with Crippen LogP contribution in [0.15, 0.2) is 24.3 Å². The molecule has 1 aliphatic carbocycles. The molecule has 2 rings (SSSR count). The van der Waals surface area contributed by atoms with Crippen LogP contribution in [0.2, 0.25) is 0 Å². The quantitative estimate of drug-likeness (QED) is 0.787. The molecule has 0 aromatic heterocycles. The predicted octanol–water partition coefficient (Wildman–Crippen LogP) is 1.19.